The summed E-state index contributed by atoms with van der Waals surface area (Å²) >= 11 is 0. The number of benzene rings is 2. The van der Waals surface area contributed by atoms with Gasteiger partial charge in [-0.2, -0.15) is 4.72 Å². The van der Waals surface area contributed by atoms with E-state index in [4.69, 9.17) is 0 Å². The molecule has 2 aromatic carbocycles. The average molecular weight is 450 g/mol. The van der Waals surface area contributed by atoms with Crippen LogP contribution in [0.25, 0.3) is 0 Å². The van der Waals surface area contributed by atoms with E-state index in [0.29, 0.717) is 24.3 Å². The molecule has 1 atom stereocenters. The number of para-hydroxylation sites is 1. The Labute approximate surface area is 186 Å². The smallest absolute Gasteiger partial charge is 0.253 e. The number of nitrogens with zero attached hydrogens (tertiary/aromatic N) is 3. The Morgan fingerprint density at radius 2 is 1.62 bits per heavy atom. The summed E-state index contributed by atoms with van der Waals surface area (Å²) in [7, 11) is -3.61. The third-order valence-electron chi connectivity index (χ3n) is 5.78. The fourth-order valence-electron chi connectivity index (χ4n) is 4.06. The van der Waals surface area contributed by atoms with E-state index in [-0.39, 0.29) is 10.8 Å². The second-order valence-corrected chi connectivity index (χ2v) is 9.47. The molecular formula is C23H23N5O3S. The van der Waals surface area contributed by atoms with Crippen molar-refractivity contribution in [2.45, 2.75) is 11.1 Å². The number of fused-ring (bicyclic) bond motifs is 1. The van der Waals surface area contributed by atoms with E-state index in [1.807, 2.05) is 23.1 Å². The van der Waals surface area contributed by atoms with E-state index < -0.39 is 16.2 Å². The summed E-state index contributed by atoms with van der Waals surface area (Å²) in [5.41, 5.74) is 1.88. The van der Waals surface area contributed by atoms with Gasteiger partial charge in [-0.25, -0.2) is 13.4 Å². The second-order valence-electron chi connectivity index (χ2n) is 7.78. The molecule has 3 aromatic rings. The minimum absolute atomic E-state index is 0.0280. The predicted molar refractivity (Wildman–Crippen MR) is 122 cm³/mol. The van der Waals surface area contributed by atoms with Gasteiger partial charge in [0.1, 0.15) is 16.9 Å². The largest absolute Gasteiger partial charge is 0.364 e. The summed E-state index contributed by atoms with van der Waals surface area (Å²) in [6.07, 6.45) is 1.18. The van der Waals surface area contributed by atoms with Gasteiger partial charge >= 0.3 is 0 Å². The van der Waals surface area contributed by atoms with Crippen LogP contribution in [0.1, 0.15) is 22.1 Å². The van der Waals surface area contributed by atoms with Crippen molar-refractivity contribution in [1.29, 1.82) is 0 Å². The summed E-state index contributed by atoms with van der Waals surface area (Å²) in [4.78, 5) is 21.6. The van der Waals surface area contributed by atoms with Crippen LogP contribution in [0, 0.1) is 0 Å². The van der Waals surface area contributed by atoms with E-state index in [2.05, 4.69) is 19.9 Å². The minimum atomic E-state index is -3.61. The Hall–Kier alpha value is -3.43. The maximum Gasteiger partial charge on any atom is 0.253 e. The Morgan fingerprint density at radius 1 is 0.906 bits per heavy atom. The number of hydrogen-bond acceptors (Lipinski definition) is 6. The normalized spacial score (nSPS) is 19.7. The molecule has 3 heterocycles. The van der Waals surface area contributed by atoms with Crippen LogP contribution in [0.5, 0.6) is 0 Å². The average Bonchev–Trinajstić information content (AvgIpc) is 2.84. The lowest BCUT2D eigenvalue weighted by atomic mass is 10.1. The topological polar surface area (TPSA) is 94.6 Å². The zero-order valence-corrected chi connectivity index (χ0v) is 18.1. The van der Waals surface area contributed by atoms with Gasteiger partial charge in [0.25, 0.3) is 5.91 Å². The van der Waals surface area contributed by atoms with Gasteiger partial charge < -0.3 is 15.1 Å². The molecule has 1 unspecified atom stereocenters. The molecule has 2 aliphatic rings. The van der Waals surface area contributed by atoms with Crippen molar-refractivity contribution in [3.05, 3.63) is 84.1 Å². The van der Waals surface area contributed by atoms with Crippen molar-refractivity contribution in [3.8, 4) is 0 Å². The summed E-state index contributed by atoms with van der Waals surface area (Å²) in [6.45, 7) is 2.71. The highest BCUT2D eigenvalue weighted by Gasteiger charge is 2.30. The number of hydrogen-bond donors (Lipinski definition) is 2. The van der Waals surface area contributed by atoms with Gasteiger partial charge in [0.05, 0.1) is 5.69 Å². The van der Waals surface area contributed by atoms with Crippen LogP contribution >= 0.6 is 0 Å². The minimum Gasteiger partial charge on any atom is -0.364 e. The molecule has 2 aliphatic heterocycles. The quantitative estimate of drug-likeness (QED) is 0.638. The predicted octanol–water partition coefficient (Wildman–Crippen LogP) is 2.45. The fourth-order valence-corrected chi connectivity index (χ4v) is 5.36. The van der Waals surface area contributed by atoms with Gasteiger partial charge in [0.15, 0.2) is 0 Å². The van der Waals surface area contributed by atoms with E-state index in [0.717, 1.165) is 24.5 Å². The molecule has 1 saturated heterocycles. The summed E-state index contributed by atoms with van der Waals surface area (Å²) in [5, 5.41) is 3.20. The molecule has 0 radical (unpaired) electrons. The fraction of sp³-hybridized carbons (Fsp3) is 0.217. The highest BCUT2D eigenvalue weighted by Crippen LogP contribution is 2.30. The molecule has 1 aromatic heterocycles. The number of anilines is 2. The highest BCUT2D eigenvalue weighted by molar-refractivity contribution is 7.89. The van der Waals surface area contributed by atoms with Crippen LogP contribution in [0.2, 0.25) is 0 Å². The number of sulfonamides is 1. The number of pyridine rings is 1. The lowest BCUT2D eigenvalue weighted by Crippen LogP contribution is -2.49. The van der Waals surface area contributed by atoms with Crippen molar-refractivity contribution in [2.75, 3.05) is 36.4 Å². The molecular weight excluding hydrogens is 426 g/mol. The maximum atomic E-state index is 13.0. The number of aromatic nitrogens is 1. The van der Waals surface area contributed by atoms with E-state index >= 15 is 0 Å². The maximum absolute atomic E-state index is 13.0. The van der Waals surface area contributed by atoms with E-state index in [9.17, 15) is 13.2 Å². The molecule has 1 fully saturated rings. The zero-order chi connectivity index (χ0) is 22.1. The SMILES string of the molecule is O=C(c1ccc(C2Nc3ccccc3S(=O)(=O)N2)cc1)N1CCN(c2ccccn2)CC1. The highest BCUT2D eigenvalue weighted by atomic mass is 32.2. The molecule has 0 aliphatic carbocycles. The van der Waals surface area contributed by atoms with Crippen LogP contribution in [0.4, 0.5) is 11.5 Å². The van der Waals surface area contributed by atoms with E-state index in [1.54, 1.807) is 54.7 Å². The number of carbonyl (C=O) groups excluding carboxylic acids is 1. The Balaban J connectivity index is 1.26. The Kier molecular flexibility index (Phi) is 5.28. The molecule has 2 N–H and O–H groups in total. The van der Waals surface area contributed by atoms with Crippen LogP contribution in [0.15, 0.2) is 77.8 Å². The molecule has 164 valence electrons. The first kappa shape index (κ1) is 20.5. The molecule has 5 rings (SSSR count). The van der Waals surface area contributed by atoms with Crippen molar-refractivity contribution in [1.82, 2.24) is 14.6 Å². The van der Waals surface area contributed by atoms with Crippen molar-refractivity contribution in [3.63, 3.8) is 0 Å². The number of carbonyl (C=O) groups is 1. The first-order valence-electron chi connectivity index (χ1n) is 10.4. The molecule has 0 spiro atoms. The zero-order valence-electron chi connectivity index (χ0n) is 17.3. The number of nitrogens with one attached hydrogen (secondary N) is 2. The third kappa shape index (κ3) is 3.92. The summed E-state index contributed by atoms with van der Waals surface area (Å²) in [6, 6.07) is 19.7. The van der Waals surface area contributed by atoms with Gasteiger partial charge in [-0.3, -0.25) is 4.79 Å². The number of piperazine rings is 1. The molecule has 9 heteroatoms. The first-order valence-corrected chi connectivity index (χ1v) is 11.9. The van der Waals surface area contributed by atoms with Gasteiger partial charge in [-0.1, -0.05) is 30.3 Å². The second kappa shape index (κ2) is 8.25. The third-order valence-corrected chi connectivity index (χ3v) is 7.26. The summed E-state index contributed by atoms with van der Waals surface area (Å²) in [5.74, 6) is 0.896. The van der Waals surface area contributed by atoms with Crippen LogP contribution in [-0.2, 0) is 10.0 Å². The van der Waals surface area contributed by atoms with Crippen molar-refractivity contribution in [2.24, 2.45) is 0 Å². The molecule has 8 nitrogen and oxygen atoms in total. The van der Waals surface area contributed by atoms with Gasteiger partial charge in [0, 0.05) is 37.9 Å². The van der Waals surface area contributed by atoms with E-state index in [1.165, 1.54) is 0 Å². The Morgan fingerprint density at radius 3 is 2.34 bits per heavy atom. The van der Waals surface area contributed by atoms with Crippen LogP contribution in [0.3, 0.4) is 0 Å². The van der Waals surface area contributed by atoms with Crippen molar-refractivity contribution < 1.29 is 13.2 Å². The number of rotatable bonds is 3. The molecule has 1 amide bonds. The molecule has 0 bridgehead atoms. The standard InChI is InChI=1S/C23H23N5O3S/c29-23(28-15-13-27(14-16-28)21-7-3-4-12-24-21)18-10-8-17(9-11-18)22-25-19-5-1-2-6-20(19)32(30,31)26-22/h1-12,22,25-26H,13-16H2. The van der Waals surface area contributed by atoms with Gasteiger partial charge in [0.2, 0.25) is 10.0 Å². The van der Waals surface area contributed by atoms with Gasteiger partial charge in [-0.15, -0.1) is 0 Å². The molecule has 32 heavy (non-hydrogen) atoms. The van der Waals surface area contributed by atoms with Crippen LogP contribution < -0.4 is 14.9 Å². The molecule has 0 saturated carbocycles. The lowest BCUT2D eigenvalue weighted by molar-refractivity contribution is 0.0746. The first-order chi connectivity index (χ1) is 15.5. The van der Waals surface area contributed by atoms with Gasteiger partial charge in [-0.05, 0) is 42.0 Å². The van der Waals surface area contributed by atoms with Crippen LogP contribution in [-0.4, -0.2) is 50.4 Å². The lowest BCUT2D eigenvalue weighted by Gasteiger charge is -2.35. The Bertz CT molecular complexity index is 1220. The number of amides is 1. The van der Waals surface area contributed by atoms with Crippen molar-refractivity contribution >= 4 is 27.4 Å². The monoisotopic (exact) mass is 449 g/mol. The summed E-state index contributed by atoms with van der Waals surface area (Å²) < 4.78 is 27.7.